The van der Waals surface area contributed by atoms with Gasteiger partial charge in [-0.05, 0) is 34.3 Å². The van der Waals surface area contributed by atoms with Crippen LogP contribution in [0.2, 0.25) is 0 Å². The molecule has 0 spiro atoms. The first-order valence-electron chi connectivity index (χ1n) is 5.04. The summed E-state index contributed by atoms with van der Waals surface area (Å²) in [6, 6.07) is 3.82. The van der Waals surface area contributed by atoms with Crippen LogP contribution in [0.25, 0.3) is 0 Å². The van der Waals surface area contributed by atoms with E-state index in [0.29, 0.717) is 11.7 Å². The molecule has 0 unspecified atom stereocenters. The van der Waals surface area contributed by atoms with E-state index in [4.69, 9.17) is 4.74 Å². The van der Waals surface area contributed by atoms with Gasteiger partial charge in [-0.1, -0.05) is 0 Å². The second kappa shape index (κ2) is 5.46. The molecule has 0 aliphatic carbocycles. The number of anilines is 1. The average Bonchev–Trinajstić information content (AvgIpc) is 2.71. The average molecular weight is 314 g/mol. The van der Waals surface area contributed by atoms with E-state index >= 15 is 0 Å². The van der Waals surface area contributed by atoms with Crippen molar-refractivity contribution >= 4 is 33.1 Å². The van der Waals surface area contributed by atoms with Gasteiger partial charge in [0.15, 0.2) is 0 Å². The lowest BCUT2D eigenvalue weighted by atomic mass is 10.4. The van der Waals surface area contributed by atoms with Crippen molar-refractivity contribution in [3.8, 4) is 5.88 Å². The first kappa shape index (κ1) is 12.3. The summed E-state index contributed by atoms with van der Waals surface area (Å²) in [6.07, 6.45) is 0. The second-order valence-electron chi connectivity index (χ2n) is 3.39. The molecule has 0 amide bonds. The second-order valence-corrected chi connectivity index (χ2v) is 5.24. The van der Waals surface area contributed by atoms with Crippen molar-refractivity contribution in [1.29, 1.82) is 0 Å². The third-order valence-corrected chi connectivity index (χ3v) is 4.07. The van der Waals surface area contributed by atoms with Crippen LogP contribution >= 0.6 is 27.3 Å². The van der Waals surface area contributed by atoms with E-state index in [-0.39, 0.29) is 0 Å². The van der Waals surface area contributed by atoms with Gasteiger partial charge in [0.05, 0.1) is 13.7 Å². The van der Waals surface area contributed by atoms with Gasteiger partial charge in [-0.25, -0.2) is 4.98 Å². The number of hydrogen-bond donors (Lipinski definition) is 1. The minimum absolute atomic E-state index is 0.574. The summed E-state index contributed by atoms with van der Waals surface area (Å²) >= 11 is 5.19. The highest BCUT2D eigenvalue weighted by Crippen LogP contribution is 2.23. The molecule has 0 radical (unpaired) electrons. The third-order valence-electron chi connectivity index (χ3n) is 2.14. The first-order valence-corrected chi connectivity index (χ1v) is 6.71. The van der Waals surface area contributed by atoms with E-state index in [1.807, 2.05) is 18.4 Å². The number of ether oxygens (including phenoxy) is 1. The summed E-state index contributed by atoms with van der Waals surface area (Å²) in [4.78, 5) is 9.67. The van der Waals surface area contributed by atoms with Gasteiger partial charge in [0.25, 0.3) is 0 Å². The number of aryl methyl sites for hydroxylation is 1. The van der Waals surface area contributed by atoms with Gasteiger partial charge in [-0.15, -0.1) is 11.3 Å². The number of rotatable bonds is 4. The maximum Gasteiger partial charge on any atom is 0.218 e. The minimum atomic E-state index is 0.574. The predicted octanol–water partition coefficient (Wildman–Crippen LogP) is 3.23. The highest BCUT2D eigenvalue weighted by Gasteiger charge is 2.04. The van der Waals surface area contributed by atoms with Gasteiger partial charge in [-0.2, -0.15) is 4.98 Å². The third kappa shape index (κ3) is 3.17. The van der Waals surface area contributed by atoms with E-state index in [2.05, 4.69) is 31.2 Å². The molecule has 0 atom stereocenters. The number of nitrogens with one attached hydrogen (secondary N) is 1. The summed E-state index contributed by atoms with van der Waals surface area (Å²) in [7, 11) is 1.60. The molecular weight excluding hydrogens is 302 g/mol. The van der Waals surface area contributed by atoms with Gasteiger partial charge in [0.2, 0.25) is 5.88 Å². The molecule has 2 aromatic heterocycles. The van der Waals surface area contributed by atoms with Crippen LogP contribution in [-0.2, 0) is 6.54 Å². The number of halogens is 1. The van der Waals surface area contributed by atoms with Crippen molar-refractivity contribution in [2.24, 2.45) is 0 Å². The zero-order valence-electron chi connectivity index (χ0n) is 9.53. The van der Waals surface area contributed by atoms with Crippen LogP contribution in [0.15, 0.2) is 22.0 Å². The lowest BCUT2D eigenvalue weighted by Crippen LogP contribution is -2.03. The molecule has 0 bridgehead atoms. The van der Waals surface area contributed by atoms with Gasteiger partial charge < -0.3 is 10.1 Å². The van der Waals surface area contributed by atoms with Crippen LogP contribution in [0, 0.1) is 6.92 Å². The quantitative estimate of drug-likeness (QED) is 0.941. The van der Waals surface area contributed by atoms with Crippen LogP contribution in [0.1, 0.15) is 10.7 Å². The zero-order valence-corrected chi connectivity index (χ0v) is 11.9. The van der Waals surface area contributed by atoms with E-state index in [1.54, 1.807) is 24.5 Å². The van der Waals surface area contributed by atoms with Crippen molar-refractivity contribution in [3.05, 3.63) is 32.7 Å². The molecule has 2 rings (SSSR count). The first-order chi connectivity index (χ1) is 8.19. The number of methoxy groups -OCH3 is 1. The van der Waals surface area contributed by atoms with E-state index in [9.17, 15) is 0 Å². The Morgan fingerprint density at radius 3 is 2.94 bits per heavy atom. The Kier molecular flexibility index (Phi) is 3.96. The maximum absolute atomic E-state index is 5.10. The molecule has 4 nitrogen and oxygen atoms in total. The van der Waals surface area contributed by atoms with Crippen LogP contribution in [0.4, 0.5) is 5.82 Å². The Balaban J connectivity index is 2.09. The Hall–Kier alpha value is -1.14. The van der Waals surface area contributed by atoms with Gasteiger partial charge in [0.1, 0.15) is 11.6 Å². The largest absolute Gasteiger partial charge is 0.481 e. The summed E-state index contributed by atoms with van der Waals surface area (Å²) in [5.74, 6) is 2.04. The van der Waals surface area contributed by atoms with Gasteiger partial charge in [-0.3, -0.25) is 0 Å². The number of nitrogens with zero attached hydrogens (tertiary/aromatic N) is 2. The summed E-state index contributed by atoms with van der Waals surface area (Å²) in [6.45, 7) is 2.58. The fourth-order valence-electron chi connectivity index (χ4n) is 1.36. The van der Waals surface area contributed by atoms with Crippen molar-refractivity contribution in [2.75, 3.05) is 12.4 Å². The van der Waals surface area contributed by atoms with Crippen molar-refractivity contribution < 1.29 is 4.74 Å². The monoisotopic (exact) mass is 313 g/mol. The topological polar surface area (TPSA) is 47.0 Å². The fraction of sp³-hybridized carbons (Fsp3) is 0.273. The highest BCUT2D eigenvalue weighted by molar-refractivity contribution is 9.10. The lowest BCUT2D eigenvalue weighted by Gasteiger charge is -2.07. The molecule has 6 heteroatoms. The molecule has 0 aromatic carbocycles. The molecule has 0 aliphatic heterocycles. The molecule has 0 saturated carbocycles. The predicted molar refractivity (Wildman–Crippen MR) is 72.7 cm³/mol. The van der Waals surface area contributed by atoms with E-state index in [1.165, 1.54) is 4.88 Å². The van der Waals surface area contributed by atoms with Crippen LogP contribution < -0.4 is 10.1 Å². The van der Waals surface area contributed by atoms with Crippen molar-refractivity contribution in [1.82, 2.24) is 9.97 Å². The Labute approximate surface area is 112 Å². The summed E-state index contributed by atoms with van der Waals surface area (Å²) < 4.78 is 6.22. The van der Waals surface area contributed by atoms with Gasteiger partial charge in [0, 0.05) is 15.4 Å². The normalized spacial score (nSPS) is 10.3. The molecule has 0 aliphatic rings. The highest BCUT2D eigenvalue weighted by atomic mass is 79.9. The molecule has 2 aromatic rings. The smallest absolute Gasteiger partial charge is 0.218 e. The Morgan fingerprint density at radius 1 is 1.47 bits per heavy atom. The molecular formula is C11H12BrN3OS. The van der Waals surface area contributed by atoms with Crippen molar-refractivity contribution in [2.45, 2.75) is 13.5 Å². The minimum Gasteiger partial charge on any atom is -0.481 e. The Morgan fingerprint density at radius 2 is 2.29 bits per heavy atom. The zero-order chi connectivity index (χ0) is 12.3. The molecule has 17 heavy (non-hydrogen) atoms. The van der Waals surface area contributed by atoms with E-state index < -0.39 is 0 Å². The van der Waals surface area contributed by atoms with Crippen LogP contribution in [0.5, 0.6) is 5.88 Å². The maximum atomic E-state index is 5.10. The van der Waals surface area contributed by atoms with Gasteiger partial charge >= 0.3 is 0 Å². The molecule has 2 heterocycles. The van der Waals surface area contributed by atoms with Crippen LogP contribution in [0.3, 0.4) is 0 Å². The number of hydrogen-bond acceptors (Lipinski definition) is 5. The molecule has 0 fully saturated rings. The fourth-order valence-corrected chi connectivity index (χ4v) is 2.79. The standard InChI is InChI=1S/C11H12BrN3OS/c1-7-14-10(5-11(15-7)16-2)13-6-9-8(12)3-4-17-9/h3-5H,6H2,1-2H3,(H,13,14,15). The Bertz CT molecular complexity index is 515. The molecule has 0 saturated heterocycles. The number of thiophene rings is 1. The summed E-state index contributed by atoms with van der Waals surface area (Å²) in [5, 5.41) is 5.30. The molecule has 90 valence electrons. The lowest BCUT2D eigenvalue weighted by molar-refractivity contribution is 0.396. The van der Waals surface area contributed by atoms with E-state index in [0.717, 1.165) is 16.8 Å². The number of aromatic nitrogens is 2. The van der Waals surface area contributed by atoms with Crippen molar-refractivity contribution in [3.63, 3.8) is 0 Å². The molecule has 1 N–H and O–H groups in total. The SMILES string of the molecule is COc1cc(NCc2sccc2Br)nc(C)n1. The van der Waals surface area contributed by atoms with Crippen LogP contribution in [-0.4, -0.2) is 17.1 Å². The summed E-state index contributed by atoms with van der Waals surface area (Å²) in [5.41, 5.74) is 0.